The van der Waals surface area contributed by atoms with Gasteiger partial charge in [0.05, 0.1) is 6.61 Å². The van der Waals surface area contributed by atoms with Gasteiger partial charge in [0.1, 0.15) is 0 Å². The number of ether oxygens (including phenoxy) is 1. The number of likely N-dealkylation sites (N-methyl/N-ethyl adjacent to an activating group) is 1. The Kier molecular flexibility index (Phi) is 6.33. The fourth-order valence-corrected chi connectivity index (χ4v) is 2.36. The van der Waals surface area contributed by atoms with E-state index in [1.54, 1.807) is 7.11 Å². The van der Waals surface area contributed by atoms with Gasteiger partial charge in [-0.2, -0.15) is 0 Å². The number of hydrogen-bond acceptors (Lipinski definition) is 3. The van der Waals surface area contributed by atoms with E-state index >= 15 is 0 Å². The first-order chi connectivity index (χ1) is 8.65. The SMILES string of the molecule is CCc1ccccc1C(CN)N(C)C(C)COC. The van der Waals surface area contributed by atoms with Crippen LogP contribution < -0.4 is 5.73 Å². The number of benzene rings is 1. The Morgan fingerprint density at radius 2 is 2.00 bits per heavy atom. The number of nitrogens with zero attached hydrogens (tertiary/aromatic N) is 1. The lowest BCUT2D eigenvalue weighted by Gasteiger charge is -2.33. The summed E-state index contributed by atoms with van der Waals surface area (Å²) in [4.78, 5) is 2.30. The molecule has 18 heavy (non-hydrogen) atoms. The molecule has 1 aromatic carbocycles. The smallest absolute Gasteiger partial charge is 0.0615 e. The van der Waals surface area contributed by atoms with Crippen molar-refractivity contribution < 1.29 is 4.74 Å². The molecule has 0 spiro atoms. The lowest BCUT2D eigenvalue weighted by Crippen LogP contribution is -2.39. The first kappa shape index (κ1) is 15.2. The molecule has 0 fully saturated rings. The average Bonchev–Trinajstić information content (AvgIpc) is 2.40. The Balaban J connectivity index is 2.94. The van der Waals surface area contributed by atoms with Crippen molar-refractivity contribution in [3.05, 3.63) is 35.4 Å². The highest BCUT2D eigenvalue weighted by atomic mass is 16.5. The van der Waals surface area contributed by atoms with Crippen molar-refractivity contribution in [2.75, 3.05) is 27.3 Å². The maximum atomic E-state index is 5.98. The third kappa shape index (κ3) is 3.55. The van der Waals surface area contributed by atoms with Crippen molar-refractivity contribution in [1.82, 2.24) is 4.90 Å². The fraction of sp³-hybridized carbons (Fsp3) is 0.600. The van der Waals surface area contributed by atoms with E-state index in [1.807, 2.05) is 0 Å². The molecule has 1 rings (SSSR count). The molecule has 0 heterocycles. The van der Waals surface area contributed by atoms with Gasteiger partial charge in [-0.25, -0.2) is 0 Å². The topological polar surface area (TPSA) is 38.5 Å². The van der Waals surface area contributed by atoms with Gasteiger partial charge in [0.15, 0.2) is 0 Å². The summed E-state index contributed by atoms with van der Waals surface area (Å²) in [5.74, 6) is 0. The van der Waals surface area contributed by atoms with Crippen LogP contribution in [0.25, 0.3) is 0 Å². The van der Waals surface area contributed by atoms with E-state index < -0.39 is 0 Å². The summed E-state index contributed by atoms with van der Waals surface area (Å²) >= 11 is 0. The molecule has 3 heteroatoms. The maximum absolute atomic E-state index is 5.98. The van der Waals surface area contributed by atoms with Crippen LogP contribution in [-0.4, -0.2) is 38.3 Å². The second kappa shape index (κ2) is 7.52. The number of methoxy groups -OCH3 is 1. The highest BCUT2D eigenvalue weighted by Crippen LogP contribution is 2.24. The van der Waals surface area contributed by atoms with Gasteiger partial charge in [-0.15, -0.1) is 0 Å². The molecule has 0 saturated carbocycles. The Hall–Kier alpha value is -0.900. The molecule has 0 aliphatic heterocycles. The van der Waals surface area contributed by atoms with Crippen LogP contribution >= 0.6 is 0 Å². The molecule has 1 aromatic rings. The minimum absolute atomic E-state index is 0.256. The molecule has 0 aliphatic rings. The van der Waals surface area contributed by atoms with Crippen LogP contribution in [-0.2, 0) is 11.2 Å². The van der Waals surface area contributed by atoms with E-state index in [-0.39, 0.29) is 6.04 Å². The van der Waals surface area contributed by atoms with Gasteiger partial charge >= 0.3 is 0 Å². The van der Waals surface area contributed by atoms with E-state index in [0.29, 0.717) is 12.6 Å². The van der Waals surface area contributed by atoms with Crippen LogP contribution in [0.15, 0.2) is 24.3 Å². The third-order valence-electron chi connectivity index (χ3n) is 3.61. The molecule has 2 N–H and O–H groups in total. The van der Waals surface area contributed by atoms with Gasteiger partial charge in [-0.05, 0) is 31.5 Å². The van der Waals surface area contributed by atoms with Crippen LogP contribution in [0.3, 0.4) is 0 Å². The van der Waals surface area contributed by atoms with E-state index in [1.165, 1.54) is 11.1 Å². The predicted molar refractivity (Wildman–Crippen MR) is 76.7 cm³/mol. The largest absolute Gasteiger partial charge is 0.383 e. The van der Waals surface area contributed by atoms with Gasteiger partial charge in [-0.3, -0.25) is 4.90 Å². The standard InChI is InChI=1S/C15H26N2O/c1-5-13-8-6-7-9-14(13)15(10-16)17(3)12(2)11-18-4/h6-9,12,15H,5,10-11,16H2,1-4H3. The van der Waals surface area contributed by atoms with E-state index in [4.69, 9.17) is 10.5 Å². The zero-order valence-corrected chi connectivity index (χ0v) is 12.0. The maximum Gasteiger partial charge on any atom is 0.0615 e. The van der Waals surface area contributed by atoms with Crippen LogP contribution in [0.5, 0.6) is 0 Å². The Morgan fingerprint density at radius 3 is 2.56 bits per heavy atom. The second-order valence-corrected chi connectivity index (χ2v) is 4.77. The number of nitrogens with two attached hydrogens (primary N) is 1. The first-order valence-corrected chi connectivity index (χ1v) is 6.64. The van der Waals surface area contributed by atoms with E-state index in [2.05, 4.69) is 50.1 Å². The number of hydrogen-bond donors (Lipinski definition) is 1. The van der Waals surface area contributed by atoms with Crippen LogP contribution in [0, 0.1) is 0 Å². The van der Waals surface area contributed by atoms with Crippen molar-refractivity contribution in [2.45, 2.75) is 32.4 Å². The molecule has 2 atom stereocenters. The average molecular weight is 250 g/mol. The van der Waals surface area contributed by atoms with Crippen molar-refractivity contribution in [3.63, 3.8) is 0 Å². The van der Waals surface area contributed by atoms with E-state index in [0.717, 1.165) is 13.0 Å². The number of rotatable bonds is 7. The minimum Gasteiger partial charge on any atom is -0.383 e. The van der Waals surface area contributed by atoms with Gasteiger partial charge < -0.3 is 10.5 Å². The quantitative estimate of drug-likeness (QED) is 0.806. The Morgan fingerprint density at radius 1 is 1.33 bits per heavy atom. The highest BCUT2D eigenvalue weighted by Gasteiger charge is 2.21. The molecular weight excluding hydrogens is 224 g/mol. The van der Waals surface area contributed by atoms with Crippen molar-refractivity contribution in [1.29, 1.82) is 0 Å². The van der Waals surface area contributed by atoms with Crippen molar-refractivity contribution in [2.24, 2.45) is 5.73 Å². The zero-order chi connectivity index (χ0) is 13.5. The Bertz CT molecular complexity index is 354. The van der Waals surface area contributed by atoms with Gasteiger partial charge in [0.25, 0.3) is 0 Å². The zero-order valence-electron chi connectivity index (χ0n) is 12.0. The lowest BCUT2D eigenvalue weighted by molar-refractivity contribution is 0.0908. The molecule has 0 bridgehead atoms. The Labute approximate surface area is 111 Å². The summed E-state index contributed by atoms with van der Waals surface area (Å²) in [5, 5.41) is 0. The molecule has 102 valence electrons. The summed E-state index contributed by atoms with van der Waals surface area (Å²) in [6.45, 7) is 5.70. The second-order valence-electron chi connectivity index (χ2n) is 4.77. The lowest BCUT2D eigenvalue weighted by atomic mass is 9.97. The molecule has 0 radical (unpaired) electrons. The monoisotopic (exact) mass is 250 g/mol. The van der Waals surface area contributed by atoms with Gasteiger partial charge in [0, 0.05) is 25.7 Å². The highest BCUT2D eigenvalue weighted by molar-refractivity contribution is 5.30. The summed E-state index contributed by atoms with van der Waals surface area (Å²) in [6.07, 6.45) is 1.04. The molecule has 0 aromatic heterocycles. The molecule has 0 saturated heterocycles. The molecule has 0 amide bonds. The van der Waals surface area contributed by atoms with Crippen LogP contribution in [0.1, 0.15) is 31.0 Å². The summed E-state index contributed by atoms with van der Waals surface area (Å²) in [7, 11) is 3.86. The molecule has 2 unspecified atom stereocenters. The molecule has 0 aliphatic carbocycles. The summed E-state index contributed by atoms with van der Waals surface area (Å²) in [5.41, 5.74) is 8.70. The fourth-order valence-electron chi connectivity index (χ4n) is 2.36. The van der Waals surface area contributed by atoms with Crippen LogP contribution in [0.2, 0.25) is 0 Å². The van der Waals surface area contributed by atoms with Crippen molar-refractivity contribution >= 4 is 0 Å². The molecular formula is C15H26N2O. The first-order valence-electron chi connectivity index (χ1n) is 6.64. The van der Waals surface area contributed by atoms with E-state index in [9.17, 15) is 0 Å². The third-order valence-corrected chi connectivity index (χ3v) is 3.61. The minimum atomic E-state index is 0.256. The number of aryl methyl sites for hydroxylation is 1. The van der Waals surface area contributed by atoms with Crippen LogP contribution in [0.4, 0.5) is 0 Å². The van der Waals surface area contributed by atoms with Gasteiger partial charge in [-0.1, -0.05) is 31.2 Å². The normalized spacial score (nSPS) is 14.8. The predicted octanol–water partition coefficient (Wildman–Crippen LogP) is 2.22. The summed E-state index contributed by atoms with van der Waals surface area (Å²) < 4.78 is 5.23. The molecule has 3 nitrogen and oxygen atoms in total. The summed E-state index contributed by atoms with van der Waals surface area (Å²) in [6, 6.07) is 9.17. The van der Waals surface area contributed by atoms with Gasteiger partial charge in [0.2, 0.25) is 0 Å². The van der Waals surface area contributed by atoms with Crippen molar-refractivity contribution in [3.8, 4) is 0 Å².